The number of carbonyl (C=O) groups is 1. The van der Waals surface area contributed by atoms with Crippen LogP contribution in [-0.4, -0.2) is 30.9 Å². The zero-order valence-corrected chi connectivity index (χ0v) is 16.3. The van der Waals surface area contributed by atoms with Crippen LogP contribution in [0, 0.1) is 0 Å². The molecule has 3 heterocycles. The van der Waals surface area contributed by atoms with Gasteiger partial charge in [0.05, 0.1) is 5.52 Å². The molecule has 0 atom stereocenters. The Morgan fingerprint density at radius 2 is 1.93 bits per heavy atom. The number of benzene rings is 1. The SMILES string of the molecule is O=C(Nc1nn[nH]n1)c1cc(Oc2ccccc2)c2ccccn2c1=O.[H-].[Na+]. The summed E-state index contributed by atoms with van der Waals surface area (Å²) >= 11 is 0. The van der Waals surface area contributed by atoms with Gasteiger partial charge in [-0.05, 0) is 29.5 Å². The topological polar surface area (TPSA) is 114 Å². The van der Waals surface area contributed by atoms with Gasteiger partial charge in [-0.15, -0.1) is 5.10 Å². The number of ether oxygens (including phenoxy) is 1. The molecule has 0 spiro atoms. The number of nitrogens with zero attached hydrogens (tertiary/aromatic N) is 4. The van der Waals surface area contributed by atoms with Gasteiger partial charge in [0.1, 0.15) is 11.3 Å². The van der Waals surface area contributed by atoms with E-state index in [-0.39, 0.29) is 42.5 Å². The van der Waals surface area contributed by atoms with E-state index in [0.717, 1.165) is 0 Å². The second-order valence-electron chi connectivity index (χ2n) is 5.29. The van der Waals surface area contributed by atoms with Gasteiger partial charge < -0.3 is 6.16 Å². The predicted octanol–water partition coefficient (Wildman–Crippen LogP) is -1.03. The fourth-order valence-electron chi connectivity index (χ4n) is 2.46. The van der Waals surface area contributed by atoms with E-state index in [9.17, 15) is 9.59 Å². The predicted molar refractivity (Wildman–Crippen MR) is 93.4 cm³/mol. The molecule has 0 aliphatic carbocycles. The molecule has 9 nitrogen and oxygen atoms in total. The number of carbonyl (C=O) groups excluding carboxylic acids is 1. The zero-order valence-electron chi connectivity index (χ0n) is 15.3. The summed E-state index contributed by atoms with van der Waals surface area (Å²) in [6.07, 6.45) is 1.57. The summed E-state index contributed by atoms with van der Waals surface area (Å²) in [6, 6.07) is 15.7. The van der Waals surface area contributed by atoms with Crippen molar-refractivity contribution in [3.63, 3.8) is 0 Å². The smallest absolute Gasteiger partial charge is 1.00 e. The van der Waals surface area contributed by atoms with Crippen molar-refractivity contribution >= 4 is 17.4 Å². The van der Waals surface area contributed by atoms with Crippen LogP contribution in [0.5, 0.6) is 11.5 Å². The molecule has 10 heteroatoms. The van der Waals surface area contributed by atoms with Crippen molar-refractivity contribution in [3.8, 4) is 11.5 Å². The Bertz CT molecular complexity index is 1130. The Morgan fingerprint density at radius 1 is 1.15 bits per heavy atom. The first-order chi connectivity index (χ1) is 12.7. The Labute approximate surface area is 176 Å². The Balaban J connectivity index is 0.00000140. The van der Waals surface area contributed by atoms with E-state index in [1.165, 1.54) is 10.5 Å². The van der Waals surface area contributed by atoms with E-state index in [1.807, 2.05) is 18.2 Å². The average molecular weight is 372 g/mol. The van der Waals surface area contributed by atoms with Gasteiger partial charge in [-0.1, -0.05) is 29.4 Å². The maximum Gasteiger partial charge on any atom is 1.00 e. The number of hydrogen-bond donors (Lipinski definition) is 2. The van der Waals surface area contributed by atoms with Gasteiger partial charge in [0.2, 0.25) is 0 Å². The molecule has 0 aliphatic rings. The molecular weight excluding hydrogens is 359 g/mol. The van der Waals surface area contributed by atoms with Crippen molar-refractivity contribution in [2.24, 2.45) is 0 Å². The molecule has 4 aromatic rings. The maximum absolute atomic E-state index is 12.7. The van der Waals surface area contributed by atoms with Crippen molar-refractivity contribution in [3.05, 3.63) is 76.7 Å². The van der Waals surface area contributed by atoms with Crippen LogP contribution in [0.3, 0.4) is 0 Å². The quantitative estimate of drug-likeness (QED) is 0.443. The van der Waals surface area contributed by atoms with Gasteiger partial charge >= 0.3 is 29.6 Å². The number of amides is 1. The van der Waals surface area contributed by atoms with Gasteiger partial charge in [-0.25, -0.2) is 0 Å². The van der Waals surface area contributed by atoms with E-state index in [1.54, 1.807) is 36.5 Å². The first-order valence-corrected chi connectivity index (χ1v) is 7.64. The number of hydrogen-bond acceptors (Lipinski definition) is 6. The van der Waals surface area contributed by atoms with Crippen LogP contribution in [0.2, 0.25) is 0 Å². The van der Waals surface area contributed by atoms with Crippen molar-refractivity contribution in [2.45, 2.75) is 0 Å². The second-order valence-corrected chi connectivity index (χ2v) is 5.29. The number of H-pyrrole nitrogens is 1. The molecule has 0 saturated carbocycles. The third-order valence-corrected chi connectivity index (χ3v) is 3.62. The molecule has 0 radical (unpaired) electrons. The standard InChI is InChI=1S/C17H12N6O3.Na.H/c24-15(18-17-19-21-22-20-17)12-10-14(26-11-6-2-1-3-7-11)13-8-4-5-9-23(13)16(12)25;;/h1-10H,(H2,18,19,20,21,22,24);;/q;+1;-1. The van der Waals surface area contributed by atoms with Gasteiger partial charge in [0.15, 0.2) is 5.75 Å². The van der Waals surface area contributed by atoms with Gasteiger partial charge in [0, 0.05) is 12.3 Å². The number of rotatable bonds is 4. The summed E-state index contributed by atoms with van der Waals surface area (Å²) in [5.74, 6) is 0.266. The van der Waals surface area contributed by atoms with Crippen LogP contribution < -0.4 is 45.2 Å². The molecule has 0 fully saturated rings. The number of nitrogens with one attached hydrogen (secondary N) is 2. The van der Waals surface area contributed by atoms with Crippen molar-refractivity contribution in [1.82, 2.24) is 25.0 Å². The number of para-hydroxylation sites is 1. The molecule has 0 saturated heterocycles. The van der Waals surface area contributed by atoms with Crippen LogP contribution in [-0.2, 0) is 0 Å². The number of aromatic nitrogens is 5. The Hall–Kier alpha value is -3.01. The first-order valence-electron chi connectivity index (χ1n) is 7.64. The van der Waals surface area contributed by atoms with E-state index in [2.05, 4.69) is 25.9 Å². The summed E-state index contributed by atoms with van der Waals surface area (Å²) in [5, 5.41) is 15.3. The number of aromatic amines is 1. The van der Waals surface area contributed by atoms with Gasteiger partial charge in [0.25, 0.3) is 17.4 Å². The molecule has 2 N–H and O–H groups in total. The maximum atomic E-state index is 12.7. The molecule has 4 rings (SSSR count). The summed E-state index contributed by atoms with van der Waals surface area (Å²) in [5.41, 5.74) is -0.0519. The minimum atomic E-state index is -0.660. The number of tetrazole rings is 1. The van der Waals surface area contributed by atoms with Crippen LogP contribution in [0.25, 0.3) is 5.52 Å². The van der Waals surface area contributed by atoms with Crippen molar-refractivity contribution < 1.29 is 40.5 Å². The van der Waals surface area contributed by atoms with Crippen LogP contribution >= 0.6 is 0 Å². The largest absolute Gasteiger partial charge is 1.00 e. The van der Waals surface area contributed by atoms with Gasteiger partial charge in [-0.3, -0.25) is 19.3 Å². The third kappa shape index (κ3) is 3.90. The molecule has 130 valence electrons. The minimum Gasteiger partial charge on any atom is -1.00 e. The monoisotopic (exact) mass is 372 g/mol. The summed E-state index contributed by atoms with van der Waals surface area (Å²) in [4.78, 5) is 25.2. The molecule has 1 amide bonds. The number of pyridine rings is 2. The zero-order chi connectivity index (χ0) is 17.9. The third-order valence-electron chi connectivity index (χ3n) is 3.62. The Kier molecular flexibility index (Phi) is 5.65. The second kappa shape index (κ2) is 8.12. The summed E-state index contributed by atoms with van der Waals surface area (Å²) < 4.78 is 7.23. The molecule has 3 aromatic heterocycles. The number of anilines is 1. The van der Waals surface area contributed by atoms with Crippen LogP contribution in [0.4, 0.5) is 5.95 Å². The van der Waals surface area contributed by atoms with E-state index in [0.29, 0.717) is 17.0 Å². The van der Waals surface area contributed by atoms with E-state index >= 15 is 0 Å². The normalized spacial score (nSPS) is 10.2. The number of fused-ring (bicyclic) bond motifs is 1. The fraction of sp³-hybridized carbons (Fsp3) is 0. The summed E-state index contributed by atoms with van der Waals surface area (Å²) in [7, 11) is 0. The van der Waals surface area contributed by atoms with Crippen LogP contribution in [0.1, 0.15) is 11.8 Å². The van der Waals surface area contributed by atoms with Crippen LogP contribution in [0.15, 0.2) is 65.6 Å². The van der Waals surface area contributed by atoms with Gasteiger partial charge in [-0.2, -0.15) is 5.21 Å². The molecule has 0 unspecified atom stereocenters. The molecular formula is C17H13N6NaO3. The molecule has 1 aromatic carbocycles. The molecule has 27 heavy (non-hydrogen) atoms. The first kappa shape index (κ1) is 18.8. The van der Waals surface area contributed by atoms with Crippen molar-refractivity contribution in [1.29, 1.82) is 0 Å². The Morgan fingerprint density at radius 3 is 2.67 bits per heavy atom. The van der Waals surface area contributed by atoms with E-state index < -0.39 is 11.5 Å². The van der Waals surface area contributed by atoms with E-state index in [4.69, 9.17) is 4.74 Å². The average Bonchev–Trinajstić information content (AvgIpc) is 3.18. The van der Waals surface area contributed by atoms with Crippen molar-refractivity contribution in [2.75, 3.05) is 5.32 Å². The minimum absolute atomic E-state index is 0. The molecule has 0 aliphatic heterocycles. The molecule has 0 bridgehead atoms. The fourth-order valence-corrected chi connectivity index (χ4v) is 2.46. The summed E-state index contributed by atoms with van der Waals surface area (Å²) in [6.45, 7) is 0.